The fourth-order valence-corrected chi connectivity index (χ4v) is 1.89. The molecule has 0 saturated carbocycles. The largest absolute Gasteiger partial charge is 0.396 e. The van der Waals surface area contributed by atoms with E-state index in [4.69, 9.17) is 0 Å². The third-order valence-electron chi connectivity index (χ3n) is 3.84. The highest BCUT2D eigenvalue weighted by molar-refractivity contribution is 5.76. The molecule has 94 valence electrons. The number of hydrogen-bond donors (Lipinski definition) is 3. The summed E-state index contributed by atoms with van der Waals surface area (Å²) in [7, 11) is 0. The topological polar surface area (TPSA) is 61.4 Å². The second kappa shape index (κ2) is 6.21. The fraction of sp³-hybridized carbons (Fsp3) is 0.917. The molecule has 0 radical (unpaired) electrons. The summed E-state index contributed by atoms with van der Waals surface area (Å²) < 4.78 is 0. The number of carbonyl (C=O) groups excluding carboxylic acids is 1. The highest BCUT2D eigenvalue weighted by Gasteiger charge is 2.27. The van der Waals surface area contributed by atoms with E-state index in [1.165, 1.54) is 0 Å². The SMILES string of the molecule is CCC(CC)(CO)CNC(=O)CC1CNC1. The second-order valence-electron chi connectivity index (χ2n) is 4.87. The van der Waals surface area contributed by atoms with E-state index < -0.39 is 0 Å². The molecular weight excluding hydrogens is 204 g/mol. The summed E-state index contributed by atoms with van der Waals surface area (Å²) in [4.78, 5) is 11.6. The third kappa shape index (κ3) is 3.46. The van der Waals surface area contributed by atoms with Crippen molar-refractivity contribution < 1.29 is 9.90 Å². The standard InChI is InChI=1S/C12H24N2O2/c1-3-12(4-2,9-15)8-14-11(16)5-10-6-13-7-10/h10,13,15H,3-9H2,1-2H3,(H,14,16). The summed E-state index contributed by atoms with van der Waals surface area (Å²) in [5, 5.41) is 15.5. The lowest BCUT2D eigenvalue weighted by atomic mass is 9.83. The Hall–Kier alpha value is -0.610. The highest BCUT2D eigenvalue weighted by atomic mass is 16.3. The minimum Gasteiger partial charge on any atom is -0.396 e. The molecule has 4 nitrogen and oxygen atoms in total. The van der Waals surface area contributed by atoms with Crippen LogP contribution in [0.5, 0.6) is 0 Å². The number of carbonyl (C=O) groups is 1. The third-order valence-corrected chi connectivity index (χ3v) is 3.84. The number of rotatable bonds is 7. The summed E-state index contributed by atoms with van der Waals surface area (Å²) in [5.41, 5.74) is -0.131. The molecule has 1 aliphatic heterocycles. The molecule has 1 amide bonds. The fourth-order valence-electron chi connectivity index (χ4n) is 1.89. The van der Waals surface area contributed by atoms with E-state index in [9.17, 15) is 9.90 Å². The molecule has 0 aliphatic carbocycles. The van der Waals surface area contributed by atoms with Crippen molar-refractivity contribution in [3.05, 3.63) is 0 Å². The molecule has 0 aromatic heterocycles. The maximum absolute atomic E-state index is 11.6. The molecule has 1 heterocycles. The van der Waals surface area contributed by atoms with Crippen LogP contribution in [0.1, 0.15) is 33.1 Å². The average Bonchev–Trinajstić information content (AvgIpc) is 2.26. The Morgan fingerprint density at radius 1 is 1.44 bits per heavy atom. The van der Waals surface area contributed by atoms with Crippen molar-refractivity contribution in [3.63, 3.8) is 0 Å². The monoisotopic (exact) mass is 228 g/mol. The number of hydrogen-bond acceptors (Lipinski definition) is 3. The van der Waals surface area contributed by atoms with Crippen molar-refractivity contribution in [1.29, 1.82) is 0 Å². The van der Waals surface area contributed by atoms with Gasteiger partial charge in [-0.05, 0) is 31.8 Å². The number of nitrogens with one attached hydrogen (secondary N) is 2. The minimum absolute atomic E-state index is 0.117. The van der Waals surface area contributed by atoms with Crippen LogP contribution in [0.4, 0.5) is 0 Å². The zero-order chi connectivity index (χ0) is 12.0. The first-order chi connectivity index (χ1) is 7.65. The summed E-state index contributed by atoms with van der Waals surface area (Å²) >= 11 is 0. The van der Waals surface area contributed by atoms with E-state index in [1.807, 2.05) is 0 Å². The summed E-state index contributed by atoms with van der Waals surface area (Å²) in [6.45, 7) is 6.77. The lowest BCUT2D eigenvalue weighted by Crippen LogP contribution is -2.46. The van der Waals surface area contributed by atoms with E-state index >= 15 is 0 Å². The second-order valence-corrected chi connectivity index (χ2v) is 4.87. The van der Waals surface area contributed by atoms with Gasteiger partial charge in [0.25, 0.3) is 0 Å². The Kier molecular flexibility index (Phi) is 5.22. The Balaban J connectivity index is 2.27. The highest BCUT2D eigenvalue weighted by Crippen LogP contribution is 2.24. The predicted octanol–water partition coefficient (Wildman–Crippen LogP) is 0.511. The minimum atomic E-state index is -0.131. The zero-order valence-corrected chi connectivity index (χ0v) is 10.4. The number of amides is 1. The smallest absolute Gasteiger partial charge is 0.220 e. The summed E-state index contributed by atoms with van der Waals surface area (Å²) in [5.74, 6) is 0.623. The Labute approximate surface area is 97.8 Å². The number of aliphatic hydroxyl groups is 1. The molecule has 0 aromatic carbocycles. The molecule has 1 fully saturated rings. The molecule has 0 spiro atoms. The van der Waals surface area contributed by atoms with Crippen LogP contribution >= 0.6 is 0 Å². The summed E-state index contributed by atoms with van der Waals surface area (Å²) in [6, 6.07) is 0. The molecule has 1 aliphatic rings. The molecule has 1 saturated heterocycles. The maximum atomic E-state index is 11.6. The van der Waals surface area contributed by atoms with Crippen LogP contribution < -0.4 is 10.6 Å². The molecule has 0 aromatic rings. The van der Waals surface area contributed by atoms with Crippen molar-refractivity contribution in [2.45, 2.75) is 33.1 Å². The molecule has 16 heavy (non-hydrogen) atoms. The normalized spacial score (nSPS) is 16.9. The van der Waals surface area contributed by atoms with Gasteiger partial charge < -0.3 is 15.7 Å². The van der Waals surface area contributed by atoms with Gasteiger partial charge in [0.1, 0.15) is 0 Å². The van der Waals surface area contributed by atoms with Crippen LogP contribution in [-0.2, 0) is 4.79 Å². The first-order valence-corrected chi connectivity index (χ1v) is 6.24. The Bertz CT molecular complexity index is 215. The lowest BCUT2D eigenvalue weighted by Gasteiger charge is -2.31. The van der Waals surface area contributed by atoms with E-state index in [0.717, 1.165) is 25.9 Å². The van der Waals surface area contributed by atoms with Crippen molar-refractivity contribution >= 4 is 5.91 Å². The molecule has 0 atom stereocenters. The van der Waals surface area contributed by atoms with E-state index in [2.05, 4.69) is 24.5 Å². The van der Waals surface area contributed by atoms with E-state index in [1.54, 1.807) is 0 Å². The van der Waals surface area contributed by atoms with E-state index in [0.29, 0.717) is 18.9 Å². The van der Waals surface area contributed by atoms with Crippen LogP contribution in [-0.4, -0.2) is 37.3 Å². The van der Waals surface area contributed by atoms with Crippen LogP contribution in [0.25, 0.3) is 0 Å². The van der Waals surface area contributed by atoms with Crippen LogP contribution in [0.2, 0.25) is 0 Å². The first kappa shape index (κ1) is 13.5. The summed E-state index contributed by atoms with van der Waals surface area (Å²) in [6.07, 6.45) is 2.40. The Morgan fingerprint density at radius 2 is 2.06 bits per heavy atom. The van der Waals surface area contributed by atoms with Crippen molar-refractivity contribution in [1.82, 2.24) is 10.6 Å². The van der Waals surface area contributed by atoms with Crippen molar-refractivity contribution in [2.75, 3.05) is 26.2 Å². The molecule has 0 unspecified atom stereocenters. The quantitative estimate of drug-likeness (QED) is 0.595. The maximum Gasteiger partial charge on any atom is 0.220 e. The molecule has 4 heteroatoms. The van der Waals surface area contributed by atoms with Crippen molar-refractivity contribution in [2.24, 2.45) is 11.3 Å². The van der Waals surface area contributed by atoms with Gasteiger partial charge >= 0.3 is 0 Å². The van der Waals surface area contributed by atoms with Gasteiger partial charge in [-0.3, -0.25) is 4.79 Å². The first-order valence-electron chi connectivity index (χ1n) is 6.24. The van der Waals surface area contributed by atoms with Gasteiger partial charge in [0.05, 0.1) is 6.61 Å². The van der Waals surface area contributed by atoms with Crippen molar-refractivity contribution in [3.8, 4) is 0 Å². The van der Waals surface area contributed by atoms with Gasteiger partial charge in [-0.1, -0.05) is 13.8 Å². The van der Waals surface area contributed by atoms with Crippen LogP contribution in [0.3, 0.4) is 0 Å². The lowest BCUT2D eigenvalue weighted by molar-refractivity contribution is -0.123. The molecule has 1 rings (SSSR count). The predicted molar refractivity (Wildman–Crippen MR) is 64.1 cm³/mol. The van der Waals surface area contributed by atoms with Gasteiger partial charge in [-0.15, -0.1) is 0 Å². The van der Waals surface area contributed by atoms with Crippen LogP contribution in [0, 0.1) is 11.3 Å². The Morgan fingerprint density at radius 3 is 2.44 bits per heavy atom. The van der Waals surface area contributed by atoms with E-state index in [-0.39, 0.29) is 17.9 Å². The van der Waals surface area contributed by atoms with Gasteiger partial charge in [-0.25, -0.2) is 0 Å². The molecule has 0 bridgehead atoms. The molecule has 3 N–H and O–H groups in total. The van der Waals surface area contributed by atoms with Gasteiger partial charge in [0.15, 0.2) is 0 Å². The molecular formula is C12H24N2O2. The van der Waals surface area contributed by atoms with Gasteiger partial charge in [-0.2, -0.15) is 0 Å². The average molecular weight is 228 g/mol. The number of aliphatic hydroxyl groups excluding tert-OH is 1. The zero-order valence-electron chi connectivity index (χ0n) is 10.4. The van der Waals surface area contributed by atoms with Crippen LogP contribution in [0.15, 0.2) is 0 Å². The van der Waals surface area contributed by atoms with Gasteiger partial charge in [0, 0.05) is 18.4 Å². The van der Waals surface area contributed by atoms with Gasteiger partial charge in [0.2, 0.25) is 5.91 Å².